The largest absolute Gasteiger partial charge is 0.409 e. The number of hydrogen-bond acceptors (Lipinski definition) is 3. The Balaban J connectivity index is 2.16. The van der Waals surface area contributed by atoms with Crippen molar-refractivity contribution in [3.63, 3.8) is 0 Å². The second-order valence-corrected chi connectivity index (χ2v) is 5.97. The number of rotatable bonds is 4. The fraction of sp³-hybridized carbons (Fsp3) is 0.562. The van der Waals surface area contributed by atoms with Gasteiger partial charge in [-0.3, -0.25) is 4.90 Å². The molecule has 4 heteroatoms. The van der Waals surface area contributed by atoms with Gasteiger partial charge in [-0.1, -0.05) is 42.4 Å². The molecule has 1 aromatic carbocycles. The third-order valence-corrected chi connectivity index (χ3v) is 4.34. The first-order valence-electron chi connectivity index (χ1n) is 7.38. The molecular weight excluding hydrogens is 250 g/mol. The van der Waals surface area contributed by atoms with Gasteiger partial charge in [0, 0.05) is 19.1 Å². The summed E-state index contributed by atoms with van der Waals surface area (Å²) in [7, 11) is 0. The summed E-state index contributed by atoms with van der Waals surface area (Å²) in [6.45, 7) is 6.45. The summed E-state index contributed by atoms with van der Waals surface area (Å²) in [5, 5.41) is 12.3. The Morgan fingerprint density at radius 3 is 2.70 bits per heavy atom. The minimum atomic E-state index is -0.0473. The molecule has 3 unspecified atom stereocenters. The van der Waals surface area contributed by atoms with E-state index in [9.17, 15) is 0 Å². The van der Waals surface area contributed by atoms with Gasteiger partial charge in [0.2, 0.25) is 0 Å². The normalized spacial score (nSPS) is 26.4. The van der Waals surface area contributed by atoms with E-state index in [0.29, 0.717) is 11.9 Å². The quantitative estimate of drug-likeness (QED) is 0.384. The van der Waals surface area contributed by atoms with E-state index in [1.165, 1.54) is 12.8 Å². The summed E-state index contributed by atoms with van der Waals surface area (Å²) in [5.41, 5.74) is 7.02. The van der Waals surface area contributed by atoms with E-state index in [1.807, 2.05) is 30.3 Å². The fourth-order valence-electron chi connectivity index (χ4n) is 2.99. The highest BCUT2D eigenvalue weighted by atomic mass is 16.4. The summed E-state index contributed by atoms with van der Waals surface area (Å²) in [6, 6.07) is 10.6. The molecule has 0 aliphatic carbocycles. The molecule has 2 rings (SSSR count). The molecule has 1 saturated heterocycles. The maximum Gasteiger partial charge on any atom is 0.147 e. The lowest BCUT2D eigenvalue weighted by atomic mass is 9.91. The van der Waals surface area contributed by atoms with Gasteiger partial charge in [0.05, 0.1) is 5.92 Å². The number of nitrogens with two attached hydrogens (primary N) is 1. The zero-order chi connectivity index (χ0) is 14.5. The Kier molecular flexibility index (Phi) is 5.01. The van der Waals surface area contributed by atoms with Crippen LogP contribution in [0.15, 0.2) is 35.5 Å². The molecule has 1 heterocycles. The summed E-state index contributed by atoms with van der Waals surface area (Å²) < 4.78 is 0. The molecule has 0 spiro atoms. The lowest BCUT2D eigenvalue weighted by Crippen LogP contribution is -2.45. The van der Waals surface area contributed by atoms with Crippen LogP contribution in [0.1, 0.15) is 38.2 Å². The van der Waals surface area contributed by atoms with Crippen molar-refractivity contribution in [1.82, 2.24) is 4.90 Å². The van der Waals surface area contributed by atoms with Crippen molar-refractivity contribution in [2.24, 2.45) is 16.8 Å². The lowest BCUT2D eigenvalue weighted by molar-refractivity contribution is 0.123. The van der Waals surface area contributed by atoms with Gasteiger partial charge in [0.1, 0.15) is 5.84 Å². The topological polar surface area (TPSA) is 61.8 Å². The summed E-state index contributed by atoms with van der Waals surface area (Å²) >= 11 is 0. The third-order valence-electron chi connectivity index (χ3n) is 4.34. The van der Waals surface area contributed by atoms with Crippen LogP contribution < -0.4 is 5.73 Å². The SMILES string of the molecule is CC1CCC(C)N(CC(C(N)=NO)c2ccccc2)C1. The predicted octanol–water partition coefficient (Wildman–Crippen LogP) is 2.64. The zero-order valence-corrected chi connectivity index (χ0v) is 12.4. The number of nitrogens with zero attached hydrogens (tertiary/aromatic N) is 2. The maximum absolute atomic E-state index is 9.06. The fourth-order valence-corrected chi connectivity index (χ4v) is 2.99. The van der Waals surface area contributed by atoms with Crippen LogP contribution in [0.5, 0.6) is 0 Å². The molecule has 0 bridgehead atoms. The molecular formula is C16H25N3O. The van der Waals surface area contributed by atoms with Crippen molar-refractivity contribution in [3.05, 3.63) is 35.9 Å². The van der Waals surface area contributed by atoms with Gasteiger partial charge >= 0.3 is 0 Å². The van der Waals surface area contributed by atoms with Gasteiger partial charge in [0.25, 0.3) is 0 Å². The van der Waals surface area contributed by atoms with Crippen LogP contribution in [0.4, 0.5) is 0 Å². The second kappa shape index (κ2) is 6.75. The van der Waals surface area contributed by atoms with E-state index >= 15 is 0 Å². The monoisotopic (exact) mass is 275 g/mol. The van der Waals surface area contributed by atoms with Crippen molar-refractivity contribution < 1.29 is 5.21 Å². The second-order valence-electron chi connectivity index (χ2n) is 5.97. The smallest absolute Gasteiger partial charge is 0.147 e. The van der Waals surface area contributed by atoms with Crippen molar-refractivity contribution in [2.45, 2.75) is 38.6 Å². The molecule has 0 amide bonds. The predicted molar refractivity (Wildman–Crippen MR) is 82.0 cm³/mol. The molecule has 3 N–H and O–H groups in total. The van der Waals surface area contributed by atoms with Crippen LogP contribution in [0, 0.1) is 5.92 Å². The minimum absolute atomic E-state index is 0.0473. The first-order valence-corrected chi connectivity index (χ1v) is 7.38. The van der Waals surface area contributed by atoms with E-state index < -0.39 is 0 Å². The number of hydrogen-bond donors (Lipinski definition) is 2. The third kappa shape index (κ3) is 3.51. The number of likely N-dealkylation sites (tertiary alicyclic amines) is 1. The van der Waals surface area contributed by atoms with Crippen LogP contribution >= 0.6 is 0 Å². The van der Waals surface area contributed by atoms with Gasteiger partial charge in [0.15, 0.2) is 0 Å². The molecule has 110 valence electrons. The van der Waals surface area contributed by atoms with Crippen molar-refractivity contribution in [3.8, 4) is 0 Å². The molecule has 0 radical (unpaired) electrons. The van der Waals surface area contributed by atoms with E-state index in [1.54, 1.807) is 0 Å². The summed E-state index contributed by atoms with van der Waals surface area (Å²) in [4.78, 5) is 2.46. The first kappa shape index (κ1) is 14.9. The number of amidine groups is 1. The van der Waals surface area contributed by atoms with E-state index in [4.69, 9.17) is 10.9 Å². The maximum atomic E-state index is 9.06. The Hall–Kier alpha value is -1.55. The summed E-state index contributed by atoms with van der Waals surface area (Å²) in [5.74, 6) is 0.963. The molecule has 1 aliphatic heterocycles. The van der Waals surface area contributed by atoms with Crippen molar-refractivity contribution in [2.75, 3.05) is 13.1 Å². The van der Waals surface area contributed by atoms with Gasteiger partial charge in [-0.15, -0.1) is 0 Å². The Labute approximate surface area is 121 Å². The van der Waals surface area contributed by atoms with E-state index in [0.717, 1.165) is 24.6 Å². The van der Waals surface area contributed by atoms with Crippen molar-refractivity contribution in [1.29, 1.82) is 0 Å². The Morgan fingerprint density at radius 1 is 1.35 bits per heavy atom. The molecule has 1 aliphatic rings. The van der Waals surface area contributed by atoms with Gasteiger partial charge in [-0.25, -0.2) is 0 Å². The highest BCUT2D eigenvalue weighted by molar-refractivity contribution is 5.87. The van der Waals surface area contributed by atoms with Gasteiger partial charge in [-0.2, -0.15) is 0 Å². The van der Waals surface area contributed by atoms with Crippen LogP contribution in [-0.2, 0) is 0 Å². The first-order chi connectivity index (χ1) is 9.61. The Bertz CT molecular complexity index is 446. The zero-order valence-electron chi connectivity index (χ0n) is 12.4. The number of piperidine rings is 1. The molecule has 0 saturated carbocycles. The van der Waals surface area contributed by atoms with E-state index in [-0.39, 0.29) is 5.92 Å². The van der Waals surface area contributed by atoms with Crippen LogP contribution in [-0.4, -0.2) is 35.1 Å². The highest BCUT2D eigenvalue weighted by Crippen LogP contribution is 2.25. The number of oxime groups is 1. The average Bonchev–Trinajstić information content (AvgIpc) is 2.48. The van der Waals surface area contributed by atoms with Crippen LogP contribution in [0.25, 0.3) is 0 Å². The minimum Gasteiger partial charge on any atom is -0.409 e. The Morgan fingerprint density at radius 2 is 2.05 bits per heavy atom. The standard InChI is InChI=1S/C16H25N3O/c1-12-8-9-13(2)19(10-12)11-15(16(17)18-20)14-6-4-3-5-7-14/h3-7,12-13,15,20H,8-11H2,1-2H3,(H2,17,18). The molecule has 4 nitrogen and oxygen atoms in total. The summed E-state index contributed by atoms with van der Waals surface area (Å²) in [6.07, 6.45) is 2.51. The average molecular weight is 275 g/mol. The molecule has 20 heavy (non-hydrogen) atoms. The molecule has 0 aromatic heterocycles. The van der Waals surface area contributed by atoms with Gasteiger partial charge in [-0.05, 0) is 31.2 Å². The molecule has 1 aromatic rings. The lowest BCUT2D eigenvalue weighted by Gasteiger charge is -2.38. The highest BCUT2D eigenvalue weighted by Gasteiger charge is 2.27. The van der Waals surface area contributed by atoms with Crippen LogP contribution in [0.2, 0.25) is 0 Å². The number of benzene rings is 1. The molecule has 1 fully saturated rings. The van der Waals surface area contributed by atoms with Crippen molar-refractivity contribution >= 4 is 5.84 Å². The van der Waals surface area contributed by atoms with Gasteiger partial charge < -0.3 is 10.9 Å². The molecule has 3 atom stereocenters. The van der Waals surface area contributed by atoms with Crippen LogP contribution in [0.3, 0.4) is 0 Å². The van der Waals surface area contributed by atoms with E-state index in [2.05, 4.69) is 23.9 Å².